The van der Waals surface area contributed by atoms with Crippen LogP contribution in [0.4, 0.5) is 14.7 Å². The summed E-state index contributed by atoms with van der Waals surface area (Å²) in [6, 6.07) is 6.35. The van der Waals surface area contributed by atoms with Gasteiger partial charge in [0.1, 0.15) is 11.6 Å². The van der Waals surface area contributed by atoms with Gasteiger partial charge >= 0.3 is 0 Å². The van der Waals surface area contributed by atoms with E-state index in [2.05, 4.69) is 15.0 Å². The molecule has 1 aromatic carbocycles. The lowest BCUT2D eigenvalue weighted by Gasteiger charge is -2.08. The number of ether oxygens (including phenoxy) is 1. The summed E-state index contributed by atoms with van der Waals surface area (Å²) in [6.07, 6.45) is 0. The molecule has 0 amide bonds. The van der Waals surface area contributed by atoms with Gasteiger partial charge in [0.15, 0.2) is 5.52 Å². The number of aromatic nitrogens is 3. The molecule has 0 aliphatic rings. The lowest BCUT2D eigenvalue weighted by molar-refractivity contribution is 0.330. The van der Waals surface area contributed by atoms with E-state index in [-0.39, 0.29) is 23.1 Å². The molecule has 5 nitrogen and oxygen atoms in total. The number of nitrogen functional groups attached to an aromatic ring is 1. The summed E-state index contributed by atoms with van der Waals surface area (Å²) in [5.74, 6) is -0.842. The third kappa shape index (κ3) is 2.52. The van der Waals surface area contributed by atoms with Crippen molar-refractivity contribution in [3.63, 3.8) is 0 Å². The van der Waals surface area contributed by atoms with Crippen LogP contribution >= 0.6 is 0 Å². The maximum Gasteiger partial charge on any atom is 0.245 e. The average molecular weight is 302 g/mol. The van der Waals surface area contributed by atoms with Crippen molar-refractivity contribution < 1.29 is 13.5 Å². The Morgan fingerprint density at radius 1 is 1.09 bits per heavy atom. The molecule has 112 valence electrons. The first-order valence-electron chi connectivity index (χ1n) is 6.61. The minimum absolute atomic E-state index is 0.0566. The molecule has 0 unspecified atom stereocenters. The summed E-state index contributed by atoms with van der Waals surface area (Å²) in [6.45, 7) is 2.16. The zero-order chi connectivity index (χ0) is 15.7. The highest BCUT2D eigenvalue weighted by atomic mass is 19.1. The molecular formula is C15H12F2N4O. The number of benzene rings is 1. The van der Waals surface area contributed by atoms with Gasteiger partial charge in [0.2, 0.25) is 11.8 Å². The van der Waals surface area contributed by atoms with E-state index in [0.717, 1.165) is 18.2 Å². The minimum atomic E-state index is -0.567. The van der Waals surface area contributed by atoms with Crippen molar-refractivity contribution in [1.29, 1.82) is 0 Å². The van der Waals surface area contributed by atoms with Crippen molar-refractivity contribution in [1.82, 2.24) is 15.0 Å². The molecular weight excluding hydrogens is 290 g/mol. The summed E-state index contributed by atoms with van der Waals surface area (Å²) in [7, 11) is 0. The normalized spacial score (nSPS) is 10.9. The molecule has 7 heteroatoms. The van der Waals surface area contributed by atoms with Crippen LogP contribution in [0.1, 0.15) is 6.92 Å². The summed E-state index contributed by atoms with van der Waals surface area (Å²) in [5, 5.41) is 0. The maximum atomic E-state index is 13.9. The third-order valence-corrected chi connectivity index (χ3v) is 3.01. The molecule has 3 rings (SSSR count). The summed E-state index contributed by atoms with van der Waals surface area (Å²) in [4.78, 5) is 12.3. The fourth-order valence-electron chi connectivity index (χ4n) is 2.09. The van der Waals surface area contributed by atoms with Gasteiger partial charge < -0.3 is 10.5 Å². The number of rotatable bonds is 3. The minimum Gasteiger partial charge on any atom is -0.476 e. The van der Waals surface area contributed by atoms with Gasteiger partial charge in [0, 0.05) is 5.56 Å². The van der Waals surface area contributed by atoms with Crippen LogP contribution in [0.15, 0.2) is 30.3 Å². The molecule has 2 N–H and O–H groups in total. The molecule has 0 bridgehead atoms. The number of pyridine rings is 1. The molecule has 0 spiro atoms. The molecule has 3 aromatic rings. The monoisotopic (exact) mass is 302 g/mol. The first kappa shape index (κ1) is 14.1. The average Bonchev–Trinajstić information content (AvgIpc) is 2.49. The zero-order valence-corrected chi connectivity index (χ0v) is 11.7. The van der Waals surface area contributed by atoms with Crippen LogP contribution in [0.2, 0.25) is 0 Å². The van der Waals surface area contributed by atoms with Gasteiger partial charge in [-0.1, -0.05) is 0 Å². The number of anilines is 1. The number of hydrogen-bond donors (Lipinski definition) is 1. The van der Waals surface area contributed by atoms with Crippen molar-refractivity contribution in [2.75, 3.05) is 12.3 Å². The van der Waals surface area contributed by atoms with Crippen molar-refractivity contribution in [2.24, 2.45) is 0 Å². The van der Waals surface area contributed by atoms with E-state index in [0.29, 0.717) is 17.6 Å². The molecule has 22 heavy (non-hydrogen) atoms. The highest BCUT2D eigenvalue weighted by Gasteiger charge is 2.13. The first-order chi connectivity index (χ1) is 10.6. The van der Waals surface area contributed by atoms with Gasteiger partial charge in [-0.15, -0.1) is 0 Å². The van der Waals surface area contributed by atoms with Gasteiger partial charge in [-0.25, -0.2) is 18.7 Å². The lowest BCUT2D eigenvalue weighted by Crippen LogP contribution is -2.03. The van der Waals surface area contributed by atoms with Crippen LogP contribution < -0.4 is 10.5 Å². The van der Waals surface area contributed by atoms with Crippen molar-refractivity contribution >= 4 is 17.0 Å². The van der Waals surface area contributed by atoms with Gasteiger partial charge in [-0.2, -0.15) is 4.98 Å². The van der Waals surface area contributed by atoms with Crippen LogP contribution in [0, 0.1) is 11.6 Å². The highest BCUT2D eigenvalue weighted by Crippen LogP contribution is 2.27. The van der Waals surface area contributed by atoms with Crippen molar-refractivity contribution in [2.45, 2.75) is 6.92 Å². The van der Waals surface area contributed by atoms with E-state index in [1.165, 1.54) is 0 Å². The molecule has 0 saturated carbocycles. The topological polar surface area (TPSA) is 73.9 Å². The Hall–Kier alpha value is -2.83. The number of hydrogen-bond acceptors (Lipinski definition) is 5. The molecule has 0 fully saturated rings. The van der Waals surface area contributed by atoms with E-state index in [4.69, 9.17) is 10.5 Å². The van der Waals surface area contributed by atoms with E-state index < -0.39 is 11.6 Å². The standard InChI is InChI=1S/C15H12F2N4O/c1-2-22-14-13-12(20-15(18)21-14)6-5-11(19-13)9-7-8(16)3-4-10(9)17/h3-7H,2H2,1H3,(H2,18,20,21). The second kappa shape index (κ2) is 5.51. The Morgan fingerprint density at radius 2 is 1.91 bits per heavy atom. The number of halogens is 2. The van der Waals surface area contributed by atoms with Gasteiger partial charge in [0.25, 0.3) is 0 Å². The summed E-state index contributed by atoms with van der Waals surface area (Å²) >= 11 is 0. The molecule has 0 aliphatic carbocycles. The molecule has 0 saturated heterocycles. The van der Waals surface area contributed by atoms with Gasteiger partial charge in [0.05, 0.1) is 17.8 Å². The number of fused-ring (bicyclic) bond motifs is 1. The molecule has 2 aromatic heterocycles. The SMILES string of the molecule is CCOc1nc(N)nc2ccc(-c3cc(F)ccc3F)nc12. The predicted molar refractivity (Wildman–Crippen MR) is 78.3 cm³/mol. The Bertz CT molecular complexity index is 854. The van der Waals surface area contributed by atoms with Crippen LogP contribution in [-0.2, 0) is 0 Å². The molecule has 2 heterocycles. The number of nitrogens with zero attached hydrogens (tertiary/aromatic N) is 3. The predicted octanol–water partition coefficient (Wildman–Crippen LogP) is 2.95. The smallest absolute Gasteiger partial charge is 0.245 e. The highest BCUT2D eigenvalue weighted by molar-refractivity contribution is 5.83. The van der Waals surface area contributed by atoms with E-state index >= 15 is 0 Å². The van der Waals surface area contributed by atoms with Crippen molar-refractivity contribution in [3.8, 4) is 17.1 Å². The summed E-state index contributed by atoms with van der Waals surface area (Å²) < 4.78 is 32.6. The maximum absolute atomic E-state index is 13.9. The lowest BCUT2D eigenvalue weighted by atomic mass is 10.1. The Balaban J connectivity index is 2.22. The molecule has 0 aliphatic heterocycles. The molecule has 0 radical (unpaired) electrons. The quantitative estimate of drug-likeness (QED) is 0.805. The first-order valence-corrected chi connectivity index (χ1v) is 6.61. The van der Waals surface area contributed by atoms with E-state index in [1.807, 2.05) is 0 Å². The zero-order valence-electron chi connectivity index (χ0n) is 11.7. The van der Waals surface area contributed by atoms with E-state index in [9.17, 15) is 8.78 Å². The molecule has 0 atom stereocenters. The van der Waals surface area contributed by atoms with Gasteiger partial charge in [-0.05, 0) is 37.3 Å². The van der Waals surface area contributed by atoms with Crippen LogP contribution in [0.25, 0.3) is 22.3 Å². The Kier molecular flexibility index (Phi) is 3.54. The van der Waals surface area contributed by atoms with Crippen LogP contribution in [0.5, 0.6) is 5.88 Å². The van der Waals surface area contributed by atoms with Crippen LogP contribution in [0.3, 0.4) is 0 Å². The fourth-order valence-corrected chi connectivity index (χ4v) is 2.09. The summed E-state index contributed by atoms with van der Waals surface area (Å²) in [5.41, 5.74) is 6.74. The number of nitrogens with two attached hydrogens (primary N) is 1. The van der Waals surface area contributed by atoms with E-state index in [1.54, 1.807) is 19.1 Å². The third-order valence-electron chi connectivity index (χ3n) is 3.01. The largest absolute Gasteiger partial charge is 0.476 e. The van der Waals surface area contributed by atoms with Crippen LogP contribution in [-0.4, -0.2) is 21.6 Å². The Morgan fingerprint density at radius 3 is 2.68 bits per heavy atom. The fraction of sp³-hybridized carbons (Fsp3) is 0.133. The second-order valence-electron chi connectivity index (χ2n) is 4.51. The second-order valence-corrected chi connectivity index (χ2v) is 4.51. The Labute approximate surface area is 124 Å². The van der Waals surface area contributed by atoms with Crippen molar-refractivity contribution in [3.05, 3.63) is 42.0 Å². The van der Waals surface area contributed by atoms with Gasteiger partial charge in [-0.3, -0.25) is 0 Å².